The minimum atomic E-state index is -0.185. The molecule has 0 radical (unpaired) electrons. The van der Waals surface area contributed by atoms with E-state index in [9.17, 15) is 4.79 Å². The number of carbonyl (C=O) groups excluding carboxylic acids is 1. The molecule has 1 amide bonds. The van der Waals surface area contributed by atoms with Gasteiger partial charge in [-0.2, -0.15) is 0 Å². The lowest BCUT2D eigenvalue weighted by atomic mass is 9.87. The zero-order valence-corrected chi connectivity index (χ0v) is 16.8. The standard InChI is InChI=1S/C21H23N3O2S/c1-21(2,3)16-11-9-14(10-12-16)19(25)22-20-24-23-18(27-20)13-15-7-5-6-8-17(15)26-4/h5-12H,13H2,1-4H3,(H,22,24,25). The summed E-state index contributed by atoms with van der Waals surface area (Å²) < 4.78 is 5.37. The Morgan fingerprint density at radius 2 is 1.78 bits per heavy atom. The average molecular weight is 382 g/mol. The number of anilines is 1. The lowest BCUT2D eigenvalue weighted by Crippen LogP contribution is -2.14. The first kappa shape index (κ1) is 19.0. The van der Waals surface area contributed by atoms with Gasteiger partial charge in [-0.1, -0.05) is 62.4 Å². The molecular weight excluding hydrogens is 358 g/mol. The predicted molar refractivity (Wildman–Crippen MR) is 109 cm³/mol. The molecule has 0 saturated carbocycles. The van der Waals surface area contributed by atoms with Gasteiger partial charge in [0, 0.05) is 17.5 Å². The quantitative estimate of drug-likeness (QED) is 0.696. The van der Waals surface area contributed by atoms with Gasteiger partial charge in [-0.25, -0.2) is 0 Å². The maximum atomic E-state index is 12.5. The molecule has 6 heteroatoms. The van der Waals surface area contributed by atoms with E-state index in [1.807, 2.05) is 48.5 Å². The Hall–Kier alpha value is -2.73. The van der Waals surface area contributed by atoms with Crippen LogP contribution in [0.25, 0.3) is 0 Å². The Bertz CT molecular complexity index is 927. The molecule has 0 spiro atoms. The number of ether oxygens (including phenoxy) is 1. The van der Waals surface area contributed by atoms with Crippen molar-refractivity contribution in [3.05, 3.63) is 70.2 Å². The molecule has 0 bridgehead atoms. The summed E-state index contributed by atoms with van der Waals surface area (Å²) in [7, 11) is 1.65. The normalized spacial score (nSPS) is 11.3. The number of benzene rings is 2. The van der Waals surface area contributed by atoms with Crippen LogP contribution in [-0.4, -0.2) is 23.2 Å². The Kier molecular flexibility index (Phi) is 5.56. The monoisotopic (exact) mass is 381 g/mol. The average Bonchev–Trinajstić information content (AvgIpc) is 3.08. The highest BCUT2D eigenvalue weighted by Crippen LogP contribution is 2.25. The van der Waals surface area contributed by atoms with Crippen LogP contribution in [0.15, 0.2) is 48.5 Å². The minimum Gasteiger partial charge on any atom is -0.496 e. The molecule has 0 saturated heterocycles. The lowest BCUT2D eigenvalue weighted by molar-refractivity contribution is 0.102. The van der Waals surface area contributed by atoms with E-state index in [2.05, 4.69) is 36.3 Å². The molecule has 1 heterocycles. The van der Waals surface area contributed by atoms with Crippen LogP contribution in [0.3, 0.4) is 0 Å². The van der Waals surface area contributed by atoms with Gasteiger partial charge < -0.3 is 4.74 Å². The summed E-state index contributed by atoms with van der Waals surface area (Å²) in [6.07, 6.45) is 0.609. The molecule has 3 aromatic rings. The zero-order chi connectivity index (χ0) is 19.4. The van der Waals surface area contributed by atoms with E-state index in [1.165, 1.54) is 16.9 Å². The Balaban J connectivity index is 1.67. The highest BCUT2D eigenvalue weighted by molar-refractivity contribution is 7.15. The van der Waals surface area contributed by atoms with Crippen molar-refractivity contribution in [2.75, 3.05) is 12.4 Å². The minimum absolute atomic E-state index is 0.0572. The fraction of sp³-hybridized carbons (Fsp3) is 0.286. The van der Waals surface area contributed by atoms with Crippen molar-refractivity contribution in [3.8, 4) is 5.75 Å². The van der Waals surface area contributed by atoms with Gasteiger partial charge >= 0.3 is 0 Å². The first-order chi connectivity index (χ1) is 12.9. The summed E-state index contributed by atoms with van der Waals surface area (Å²) in [5, 5.41) is 12.4. The summed E-state index contributed by atoms with van der Waals surface area (Å²) >= 11 is 1.37. The largest absolute Gasteiger partial charge is 0.496 e. The molecule has 0 atom stereocenters. The summed E-state index contributed by atoms with van der Waals surface area (Å²) in [5.74, 6) is 0.632. The van der Waals surface area contributed by atoms with E-state index in [1.54, 1.807) is 7.11 Å². The van der Waals surface area contributed by atoms with E-state index in [-0.39, 0.29) is 11.3 Å². The van der Waals surface area contributed by atoms with Crippen LogP contribution in [0.2, 0.25) is 0 Å². The van der Waals surface area contributed by atoms with Crippen molar-refractivity contribution in [2.45, 2.75) is 32.6 Å². The second kappa shape index (κ2) is 7.88. The van der Waals surface area contributed by atoms with E-state index in [0.717, 1.165) is 16.3 Å². The van der Waals surface area contributed by atoms with Gasteiger partial charge in [0.1, 0.15) is 10.8 Å². The van der Waals surface area contributed by atoms with Crippen LogP contribution in [0.4, 0.5) is 5.13 Å². The number of rotatable bonds is 5. The molecule has 3 rings (SSSR count). The third kappa shape index (κ3) is 4.71. The third-order valence-electron chi connectivity index (χ3n) is 4.23. The van der Waals surface area contributed by atoms with E-state index >= 15 is 0 Å². The Morgan fingerprint density at radius 1 is 1.07 bits per heavy atom. The van der Waals surface area contributed by atoms with Crippen LogP contribution in [0.5, 0.6) is 5.75 Å². The SMILES string of the molecule is COc1ccccc1Cc1nnc(NC(=O)c2ccc(C(C)(C)C)cc2)s1. The van der Waals surface area contributed by atoms with Gasteiger partial charge in [0.15, 0.2) is 0 Å². The fourth-order valence-electron chi connectivity index (χ4n) is 2.68. The summed E-state index contributed by atoms with van der Waals surface area (Å²) in [6.45, 7) is 6.44. The molecule has 140 valence electrons. The topological polar surface area (TPSA) is 64.1 Å². The number of aromatic nitrogens is 2. The van der Waals surface area contributed by atoms with Crippen molar-refractivity contribution < 1.29 is 9.53 Å². The van der Waals surface area contributed by atoms with Crippen LogP contribution >= 0.6 is 11.3 Å². The first-order valence-corrected chi connectivity index (χ1v) is 9.54. The van der Waals surface area contributed by atoms with Gasteiger partial charge in [0.2, 0.25) is 5.13 Å². The molecular formula is C21H23N3O2S. The highest BCUT2D eigenvalue weighted by atomic mass is 32.1. The molecule has 27 heavy (non-hydrogen) atoms. The lowest BCUT2D eigenvalue weighted by Gasteiger charge is -2.18. The number of hydrogen-bond acceptors (Lipinski definition) is 5. The van der Waals surface area contributed by atoms with Crippen molar-refractivity contribution in [1.29, 1.82) is 0 Å². The summed E-state index contributed by atoms with van der Waals surface area (Å²) in [4.78, 5) is 12.5. The summed E-state index contributed by atoms with van der Waals surface area (Å²) in [6, 6.07) is 15.5. The number of carbonyl (C=O) groups is 1. The molecule has 1 aromatic heterocycles. The van der Waals surface area contributed by atoms with Gasteiger partial charge in [-0.05, 0) is 29.2 Å². The smallest absolute Gasteiger partial charge is 0.257 e. The highest BCUT2D eigenvalue weighted by Gasteiger charge is 2.15. The summed E-state index contributed by atoms with van der Waals surface area (Å²) in [5.41, 5.74) is 2.88. The third-order valence-corrected chi connectivity index (χ3v) is 5.07. The van der Waals surface area contributed by atoms with E-state index in [4.69, 9.17) is 4.74 Å². The van der Waals surface area contributed by atoms with Crippen molar-refractivity contribution >= 4 is 22.4 Å². The number of nitrogens with zero attached hydrogens (tertiary/aromatic N) is 2. The number of methoxy groups -OCH3 is 1. The Morgan fingerprint density at radius 3 is 2.44 bits per heavy atom. The molecule has 0 aliphatic carbocycles. The Labute approximate surface area is 163 Å². The number of amides is 1. The second-order valence-corrected chi connectivity index (χ2v) is 8.33. The van der Waals surface area contributed by atoms with Gasteiger partial charge in [0.25, 0.3) is 5.91 Å². The van der Waals surface area contributed by atoms with E-state index < -0.39 is 0 Å². The molecule has 0 aliphatic heterocycles. The maximum Gasteiger partial charge on any atom is 0.257 e. The molecule has 1 N–H and O–H groups in total. The number of para-hydroxylation sites is 1. The van der Waals surface area contributed by atoms with Crippen LogP contribution in [0.1, 0.15) is 47.3 Å². The van der Waals surface area contributed by atoms with Crippen molar-refractivity contribution in [3.63, 3.8) is 0 Å². The molecule has 2 aromatic carbocycles. The van der Waals surface area contributed by atoms with Crippen LogP contribution in [-0.2, 0) is 11.8 Å². The van der Waals surface area contributed by atoms with Crippen molar-refractivity contribution in [2.24, 2.45) is 0 Å². The van der Waals surface area contributed by atoms with Crippen LogP contribution in [0, 0.1) is 0 Å². The van der Waals surface area contributed by atoms with E-state index in [0.29, 0.717) is 17.1 Å². The molecule has 5 nitrogen and oxygen atoms in total. The first-order valence-electron chi connectivity index (χ1n) is 8.73. The predicted octanol–water partition coefficient (Wildman–Crippen LogP) is 4.69. The van der Waals surface area contributed by atoms with Crippen molar-refractivity contribution in [1.82, 2.24) is 10.2 Å². The molecule has 0 unspecified atom stereocenters. The van der Waals surface area contributed by atoms with Gasteiger partial charge in [-0.3, -0.25) is 10.1 Å². The molecule has 0 fully saturated rings. The second-order valence-electron chi connectivity index (χ2n) is 7.27. The van der Waals surface area contributed by atoms with Gasteiger partial charge in [0.05, 0.1) is 7.11 Å². The molecule has 0 aliphatic rings. The number of nitrogens with one attached hydrogen (secondary N) is 1. The fourth-order valence-corrected chi connectivity index (χ4v) is 3.44. The zero-order valence-electron chi connectivity index (χ0n) is 15.9. The van der Waals surface area contributed by atoms with Crippen LogP contribution < -0.4 is 10.1 Å². The number of hydrogen-bond donors (Lipinski definition) is 1. The van der Waals surface area contributed by atoms with Gasteiger partial charge in [-0.15, -0.1) is 10.2 Å². The maximum absolute atomic E-state index is 12.5.